The highest BCUT2D eigenvalue weighted by Gasteiger charge is 2.31. The van der Waals surface area contributed by atoms with Crippen LogP contribution in [0.15, 0.2) is 50.5 Å². The van der Waals surface area contributed by atoms with Crippen LogP contribution in [0.2, 0.25) is 0 Å². The number of aromatic nitrogens is 2. The Kier molecular flexibility index (Phi) is 4.16. The molecule has 26 heavy (non-hydrogen) atoms. The summed E-state index contributed by atoms with van der Waals surface area (Å²) in [5, 5.41) is 7.81. The lowest BCUT2D eigenvalue weighted by Gasteiger charge is -2.27. The lowest BCUT2D eigenvalue weighted by molar-refractivity contribution is 0.365. The first kappa shape index (κ1) is 17.0. The Morgan fingerprint density at radius 3 is 2.65 bits per heavy atom. The number of fused-ring (bicyclic) bond motifs is 1. The van der Waals surface area contributed by atoms with E-state index in [1.54, 1.807) is 0 Å². The van der Waals surface area contributed by atoms with Crippen LogP contribution in [0.25, 0.3) is 11.5 Å². The fourth-order valence-corrected chi connectivity index (χ4v) is 4.29. The first-order valence-corrected chi connectivity index (χ1v) is 9.88. The maximum absolute atomic E-state index is 12.9. The molecule has 1 aliphatic rings. The van der Waals surface area contributed by atoms with Crippen LogP contribution in [0.3, 0.4) is 0 Å². The third-order valence-electron chi connectivity index (χ3n) is 4.45. The maximum atomic E-state index is 12.9. The van der Waals surface area contributed by atoms with E-state index in [0.717, 1.165) is 5.56 Å². The number of nitrogens with zero attached hydrogens (tertiary/aromatic N) is 3. The molecule has 3 aromatic rings. The first-order valence-electron chi connectivity index (χ1n) is 8.44. The maximum Gasteiger partial charge on any atom is 0.276 e. The number of sulfonamides is 1. The van der Waals surface area contributed by atoms with E-state index >= 15 is 0 Å². The Balaban J connectivity index is 1.60. The molecule has 0 fully saturated rings. The lowest BCUT2D eigenvalue weighted by atomic mass is 10.0. The summed E-state index contributed by atoms with van der Waals surface area (Å²) in [6.07, 6.45) is 2.02. The molecule has 0 saturated carbocycles. The molecule has 0 saturated heterocycles. The van der Waals surface area contributed by atoms with E-state index in [0.29, 0.717) is 31.0 Å². The van der Waals surface area contributed by atoms with Crippen molar-refractivity contribution in [3.63, 3.8) is 0 Å². The molecular weight excluding hydrogens is 354 g/mol. The van der Waals surface area contributed by atoms with Gasteiger partial charge in [0, 0.05) is 25.1 Å². The van der Waals surface area contributed by atoms with Crippen molar-refractivity contribution in [1.29, 1.82) is 0 Å². The van der Waals surface area contributed by atoms with Crippen LogP contribution in [0, 0.1) is 0 Å². The summed E-state index contributed by atoms with van der Waals surface area (Å²) in [5.41, 5.74) is 2.67. The number of furan rings is 1. The number of rotatable bonds is 4. The summed E-state index contributed by atoms with van der Waals surface area (Å²) < 4.78 is 38.2. The normalized spacial score (nSPS) is 15.3. The van der Waals surface area contributed by atoms with E-state index in [4.69, 9.17) is 8.83 Å². The summed E-state index contributed by atoms with van der Waals surface area (Å²) in [4.78, 5) is 0. The third kappa shape index (κ3) is 2.95. The molecule has 0 spiro atoms. The van der Waals surface area contributed by atoms with Crippen molar-refractivity contribution >= 4 is 10.0 Å². The van der Waals surface area contributed by atoms with E-state index in [2.05, 4.69) is 10.2 Å². The van der Waals surface area contributed by atoms with Crippen molar-refractivity contribution in [3.05, 3.63) is 53.6 Å². The van der Waals surface area contributed by atoms with Crippen molar-refractivity contribution in [2.24, 2.45) is 0 Å². The van der Waals surface area contributed by atoms with Crippen LogP contribution < -0.4 is 0 Å². The van der Waals surface area contributed by atoms with Gasteiger partial charge in [0.05, 0.1) is 5.56 Å². The van der Waals surface area contributed by atoms with Crippen molar-refractivity contribution in [1.82, 2.24) is 14.5 Å². The van der Waals surface area contributed by atoms with Crippen molar-refractivity contribution < 1.29 is 17.3 Å². The quantitative estimate of drug-likeness (QED) is 0.698. The molecule has 8 heteroatoms. The van der Waals surface area contributed by atoms with Gasteiger partial charge in [0.15, 0.2) is 0 Å². The van der Waals surface area contributed by atoms with Gasteiger partial charge in [-0.1, -0.05) is 38.1 Å². The SMILES string of the molecule is CC(C)c1nnc(-c2coc(S(=O)(=O)N3CCc4ccccc4C3)c2)o1. The molecule has 4 rings (SSSR count). The van der Waals surface area contributed by atoms with Crippen LogP contribution in [0.1, 0.15) is 36.8 Å². The smallest absolute Gasteiger partial charge is 0.276 e. The molecule has 0 unspecified atom stereocenters. The van der Waals surface area contributed by atoms with Crippen molar-refractivity contribution in [2.45, 2.75) is 37.8 Å². The molecule has 0 radical (unpaired) electrons. The molecule has 3 heterocycles. The van der Waals surface area contributed by atoms with Gasteiger partial charge in [0.1, 0.15) is 6.26 Å². The Morgan fingerprint density at radius 1 is 1.15 bits per heavy atom. The predicted molar refractivity (Wildman–Crippen MR) is 93.8 cm³/mol. The molecule has 0 N–H and O–H groups in total. The minimum absolute atomic E-state index is 0.0970. The molecule has 1 aromatic carbocycles. The highest BCUT2D eigenvalue weighted by Crippen LogP contribution is 2.29. The molecule has 0 atom stereocenters. The number of hydrogen-bond donors (Lipinski definition) is 0. The second-order valence-corrected chi connectivity index (χ2v) is 8.48. The van der Waals surface area contributed by atoms with Gasteiger partial charge in [-0.2, -0.15) is 4.31 Å². The Labute approximate surface area is 151 Å². The molecule has 1 aliphatic heterocycles. The van der Waals surface area contributed by atoms with E-state index in [1.165, 1.54) is 22.2 Å². The summed E-state index contributed by atoms with van der Waals surface area (Å²) in [6, 6.07) is 9.32. The monoisotopic (exact) mass is 373 g/mol. The van der Waals surface area contributed by atoms with E-state index in [1.807, 2.05) is 38.1 Å². The van der Waals surface area contributed by atoms with Crippen LogP contribution in [0.4, 0.5) is 0 Å². The van der Waals surface area contributed by atoms with Crippen molar-refractivity contribution in [3.8, 4) is 11.5 Å². The second kappa shape index (κ2) is 6.37. The minimum atomic E-state index is -3.72. The molecule has 0 aliphatic carbocycles. The Hall–Kier alpha value is -2.45. The van der Waals surface area contributed by atoms with Gasteiger partial charge >= 0.3 is 0 Å². The number of benzene rings is 1. The van der Waals surface area contributed by atoms with Crippen LogP contribution in [0.5, 0.6) is 0 Å². The van der Waals surface area contributed by atoms with Gasteiger partial charge in [0.25, 0.3) is 15.9 Å². The molecule has 2 aromatic heterocycles. The lowest BCUT2D eigenvalue weighted by Crippen LogP contribution is -2.35. The zero-order valence-corrected chi connectivity index (χ0v) is 15.4. The zero-order chi connectivity index (χ0) is 18.3. The summed E-state index contributed by atoms with van der Waals surface area (Å²) in [6.45, 7) is 4.65. The minimum Gasteiger partial charge on any atom is -0.451 e. The standard InChI is InChI=1S/C18H19N3O4S/c1-12(2)17-19-20-18(25-17)15-9-16(24-11-15)26(22,23)21-8-7-13-5-3-4-6-14(13)10-21/h3-6,9,11-12H,7-8,10H2,1-2H3. The summed E-state index contributed by atoms with van der Waals surface area (Å²) >= 11 is 0. The fraction of sp³-hybridized carbons (Fsp3) is 0.333. The van der Waals surface area contributed by atoms with Crippen LogP contribution in [-0.2, 0) is 23.0 Å². The van der Waals surface area contributed by atoms with E-state index in [-0.39, 0.29) is 16.9 Å². The van der Waals surface area contributed by atoms with Gasteiger partial charge < -0.3 is 8.83 Å². The molecular formula is C18H19N3O4S. The van der Waals surface area contributed by atoms with Gasteiger partial charge in [-0.05, 0) is 17.5 Å². The van der Waals surface area contributed by atoms with E-state index in [9.17, 15) is 8.42 Å². The molecule has 0 amide bonds. The van der Waals surface area contributed by atoms with Gasteiger partial charge in [0.2, 0.25) is 11.0 Å². The third-order valence-corrected chi connectivity index (χ3v) is 6.16. The van der Waals surface area contributed by atoms with Crippen LogP contribution >= 0.6 is 0 Å². The summed E-state index contributed by atoms with van der Waals surface area (Å²) in [7, 11) is -3.72. The molecule has 7 nitrogen and oxygen atoms in total. The largest absolute Gasteiger partial charge is 0.451 e. The predicted octanol–water partition coefficient (Wildman–Crippen LogP) is 3.20. The van der Waals surface area contributed by atoms with Crippen LogP contribution in [-0.4, -0.2) is 29.5 Å². The summed E-state index contributed by atoms with van der Waals surface area (Å²) in [5.74, 6) is 0.848. The highest BCUT2D eigenvalue weighted by atomic mass is 32.2. The molecule has 136 valence electrons. The highest BCUT2D eigenvalue weighted by molar-refractivity contribution is 7.89. The van der Waals surface area contributed by atoms with Crippen molar-refractivity contribution in [2.75, 3.05) is 6.54 Å². The zero-order valence-electron chi connectivity index (χ0n) is 14.5. The average Bonchev–Trinajstić information content (AvgIpc) is 3.30. The van der Waals surface area contributed by atoms with E-state index < -0.39 is 10.0 Å². The Morgan fingerprint density at radius 2 is 1.92 bits per heavy atom. The molecule has 0 bridgehead atoms. The average molecular weight is 373 g/mol. The first-order chi connectivity index (χ1) is 12.4. The van der Waals surface area contributed by atoms with Gasteiger partial charge in [-0.15, -0.1) is 10.2 Å². The van der Waals surface area contributed by atoms with Gasteiger partial charge in [-0.25, -0.2) is 8.42 Å². The fourth-order valence-electron chi connectivity index (χ4n) is 2.95. The second-order valence-electron chi connectivity index (χ2n) is 6.61. The van der Waals surface area contributed by atoms with Gasteiger partial charge in [-0.3, -0.25) is 0 Å². The number of hydrogen-bond acceptors (Lipinski definition) is 6. The topological polar surface area (TPSA) is 89.4 Å². The Bertz CT molecular complexity index is 1040.